The van der Waals surface area contributed by atoms with Gasteiger partial charge < -0.3 is 4.57 Å². The van der Waals surface area contributed by atoms with Crippen LogP contribution in [-0.4, -0.2) is 71.6 Å². The number of hydrogen-bond donors (Lipinski definition) is 0. The van der Waals surface area contributed by atoms with Crippen LogP contribution in [-0.2, 0) is 26.1 Å². The van der Waals surface area contributed by atoms with Gasteiger partial charge in [0.05, 0.1) is 17.9 Å². The lowest BCUT2D eigenvalue weighted by molar-refractivity contribution is 0.121. The third-order valence-corrected chi connectivity index (χ3v) is 6.52. The highest BCUT2D eigenvalue weighted by molar-refractivity contribution is 5.23. The van der Waals surface area contributed by atoms with E-state index in [1.165, 1.54) is 24.4 Å². The number of imidazole rings is 1. The van der Waals surface area contributed by atoms with Crippen LogP contribution < -0.4 is 5.56 Å². The largest absolute Gasteiger partial charge is 0.335 e. The van der Waals surface area contributed by atoms with E-state index in [4.69, 9.17) is 4.98 Å². The Hall–Kier alpha value is -2.78. The van der Waals surface area contributed by atoms with Gasteiger partial charge in [0.2, 0.25) is 0 Å². The molecule has 9 heteroatoms. The molecule has 32 heavy (non-hydrogen) atoms. The van der Waals surface area contributed by atoms with Gasteiger partial charge in [0.15, 0.2) is 5.82 Å². The van der Waals surface area contributed by atoms with Crippen molar-refractivity contribution in [1.29, 1.82) is 0 Å². The molecule has 0 radical (unpaired) electrons. The number of aromatic nitrogens is 6. The van der Waals surface area contributed by atoms with Crippen LogP contribution in [0.5, 0.6) is 0 Å². The van der Waals surface area contributed by atoms with Gasteiger partial charge in [-0.3, -0.25) is 14.6 Å². The van der Waals surface area contributed by atoms with E-state index < -0.39 is 0 Å². The lowest BCUT2D eigenvalue weighted by Gasteiger charge is -2.34. The summed E-state index contributed by atoms with van der Waals surface area (Å²) >= 11 is 0. The molecule has 0 amide bonds. The van der Waals surface area contributed by atoms with Gasteiger partial charge >= 0.3 is 0 Å². The van der Waals surface area contributed by atoms with Crippen molar-refractivity contribution in [1.82, 2.24) is 38.9 Å². The van der Waals surface area contributed by atoms with E-state index in [-0.39, 0.29) is 5.56 Å². The van der Waals surface area contributed by atoms with E-state index >= 15 is 0 Å². The monoisotopic (exact) mass is 436 g/mol. The number of rotatable bonds is 6. The minimum atomic E-state index is -0.0716. The van der Waals surface area contributed by atoms with Crippen LogP contribution in [0.3, 0.4) is 0 Å². The first kappa shape index (κ1) is 21.1. The summed E-state index contributed by atoms with van der Waals surface area (Å²) in [5, 5.41) is 9.04. The highest BCUT2D eigenvalue weighted by Crippen LogP contribution is 2.16. The van der Waals surface area contributed by atoms with E-state index in [0.29, 0.717) is 12.4 Å². The van der Waals surface area contributed by atoms with Crippen molar-refractivity contribution in [3.05, 3.63) is 57.7 Å². The molecule has 0 aromatic carbocycles. The van der Waals surface area contributed by atoms with Crippen molar-refractivity contribution in [2.24, 2.45) is 0 Å². The zero-order valence-electron chi connectivity index (χ0n) is 19.1. The summed E-state index contributed by atoms with van der Waals surface area (Å²) in [7, 11) is 0. The molecule has 170 valence electrons. The molecule has 0 spiro atoms. The quantitative estimate of drug-likeness (QED) is 0.581. The Bertz CT molecular complexity index is 1110. The van der Waals surface area contributed by atoms with Crippen LogP contribution in [0.4, 0.5) is 0 Å². The van der Waals surface area contributed by atoms with Gasteiger partial charge in [-0.05, 0) is 38.8 Å². The van der Waals surface area contributed by atoms with Crippen molar-refractivity contribution in [3.63, 3.8) is 0 Å². The predicted molar refractivity (Wildman–Crippen MR) is 122 cm³/mol. The number of nitrogens with zero attached hydrogens (tertiary/aromatic N) is 8. The molecule has 5 rings (SSSR count). The minimum Gasteiger partial charge on any atom is -0.335 e. The Balaban J connectivity index is 1.15. The van der Waals surface area contributed by atoms with Crippen molar-refractivity contribution < 1.29 is 0 Å². The first-order valence-electron chi connectivity index (χ1n) is 11.7. The van der Waals surface area contributed by atoms with Crippen LogP contribution in [0.1, 0.15) is 35.7 Å². The van der Waals surface area contributed by atoms with Crippen LogP contribution in [0.25, 0.3) is 5.82 Å². The zero-order valence-corrected chi connectivity index (χ0v) is 19.1. The molecule has 1 saturated heterocycles. The Kier molecular flexibility index (Phi) is 5.93. The highest BCUT2D eigenvalue weighted by atomic mass is 16.1. The van der Waals surface area contributed by atoms with Crippen LogP contribution >= 0.6 is 0 Å². The fourth-order valence-electron chi connectivity index (χ4n) is 4.76. The fourth-order valence-corrected chi connectivity index (χ4v) is 4.76. The molecule has 1 fully saturated rings. The third-order valence-electron chi connectivity index (χ3n) is 6.52. The number of hydrogen-bond acceptors (Lipinski definition) is 6. The fraction of sp³-hybridized carbons (Fsp3) is 0.565. The maximum atomic E-state index is 12.3. The van der Waals surface area contributed by atoms with Crippen molar-refractivity contribution in [2.75, 3.05) is 32.7 Å². The third kappa shape index (κ3) is 4.54. The predicted octanol–water partition coefficient (Wildman–Crippen LogP) is 1.40. The molecule has 3 aromatic rings. The Labute approximate surface area is 188 Å². The smallest absolute Gasteiger partial charge is 0.266 e. The summed E-state index contributed by atoms with van der Waals surface area (Å²) in [4.78, 5) is 22.1. The van der Waals surface area contributed by atoms with Gasteiger partial charge in [-0.15, -0.1) is 5.10 Å². The average molecular weight is 437 g/mol. The van der Waals surface area contributed by atoms with Gasteiger partial charge in [-0.25, -0.2) is 14.3 Å². The number of aryl methyl sites for hydroxylation is 4. The molecule has 9 nitrogen and oxygen atoms in total. The van der Waals surface area contributed by atoms with Crippen molar-refractivity contribution in [2.45, 2.75) is 52.7 Å². The summed E-state index contributed by atoms with van der Waals surface area (Å²) in [6.45, 7) is 11.4. The van der Waals surface area contributed by atoms with Gasteiger partial charge in [0, 0.05) is 70.2 Å². The maximum absolute atomic E-state index is 12.3. The first-order valence-corrected chi connectivity index (χ1v) is 11.7. The van der Waals surface area contributed by atoms with Gasteiger partial charge in [0.1, 0.15) is 5.82 Å². The van der Waals surface area contributed by atoms with E-state index in [9.17, 15) is 4.79 Å². The summed E-state index contributed by atoms with van der Waals surface area (Å²) in [6.07, 6.45) is 5.89. The maximum Gasteiger partial charge on any atom is 0.266 e. The molecule has 0 atom stereocenters. The van der Waals surface area contributed by atoms with Crippen LogP contribution in [0, 0.1) is 13.8 Å². The van der Waals surface area contributed by atoms with Gasteiger partial charge in [-0.2, -0.15) is 5.10 Å². The molecule has 0 bridgehead atoms. The molecule has 0 N–H and O–H groups in total. The SMILES string of the molecule is Cc1cc(C)n(-c2ccc(=O)n(CCN3CCN(Cc4cn5c(n4)CCCC5)CC3)n2)n1. The second kappa shape index (κ2) is 8.99. The summed E-state index contributed by atoms with van der Waals surface area (Å²) in [6, 6.07) is 5.33. The molecule has 2 aliphatic heterocycles. The van der Waals surface area contributed by atoms with E-state index in [1.54, 1.807) is 21.5 Å². The van der Waals surface area contributed by atoms with E-state index in [2.05, 4.69) is 30.8 Å². The second-order valence-electron chi connectivity index (χ2n) is 9.01. The normalized spacial score (nSPS) is 17.6. The van der Waals surface area contributed by atoms with E-state index in [0.717, 1.165) is 63.6 Å². The second-order valence-corrected chi connectivity index (χ2v) is 9.01. The molecule has 3 aromatic heterocycles. The molecule has 0 aliphatic carbocycles. The van der Waals surface area contributed by atoms with E-state index in [1.807, 2.05) is 19.9 Å². The van der Waals surface area contributed by atoms with Crippen molar-refractivity contribution >= 4 is 0 Å². The Morgan fingerprint density at radius 3 is 2.50 bits per heavy atom. The van der Waals surface area contributed by atoms with Gasteiger partial charge in [-0.1, -0.05) is 0 Å². The molecular weight excluding hydrogens is 404 g/mol. The Morgan fingerprint density at radius 1 is 0.938 bits per heavy atom. The van der Waals surface area contributed by atoms with Crippen LogP contribution in [0.2, 0.25) is 0 Å². The van der Waals surface area contributed by atoms with Gasteiger partial charge in [0.25, 0.3) is 5.56 Å². The van der Waals surface area contributed by atoms with Crippen molar-refractivity contribution in [3.8, 4) is 5.82 Å². The molecule has 0 saturated carbocycles. The highest BCUT2D eigenvalue weighted by Gasteiger charge is 2.19. The summed E-state index contributed by atoms with van der Waals surface area (Å²) < 4.78 is 5.69. The lowest BCUT2D eigenvalue weighted by Crippen LogP contribution is -2.47. The zero-order chi connectivity index (χ0) is 22.1. The molecule has 5 heterocycles. The van der Waals surface area contributed by atoms with Crippen LogP contribution in [0.15, 0.2) is 29.2 Å². The molecular formula is C23H32N8O. The number of piperazine rings is 1. The molecule has 2 aliphatic rings. The summed E-state index contributed by atoms with van der Waals surface area (Å²) in [5.41, 5.74) is 3.08. The Morgan fingerprint density at radius 2 is 1.75 bits per heavy atom. The minimum absolute atomic E-state index is 0.0716. The topological polar surface area (TPSA) is 77.0 Å². The standard InChI is InChI=1S/C23H32N8O/c1-18-15-19(2)31(25-18)22-6-7-23(32)30(26-22)14-13-27-9-11-28(12-10-27)16-20-17-29-8-4-3-5-21(29)24-20/h6-7,15,17H,3-5,8-14,16H2,1-2H3. The number of fused-ring (bicyclic) bond motifs is 1. The molecule has 0 unspecified atom stereocenters. The lowest BCUT2D eigenvalue weighted by atomic mass is 10.2. The average Bonchev–Trinajstić information content (AvgIpc) is 3.35. The summed E-state index contributed by atoms with van der Waals surface area (Å²) in [5.74, 6) is 1.94. The first-order chi connectivity index (χ1) is 15.5.